The summed E-state index contributed by atoms with van der Waals surface area (Å²) in [5.74, 6) is 1.22. The van der Waals surface area contributed by atoms with E-state index in [0.29, 0.717) is 11.8 Å². The molecule has 1 heterocycles. The number of carbonyl (C=O) groups is 1. The molecule has 1 aliphatic rings. The molecule has 1 atom stereocenters. The summed E-state index contributed by atoms with van der Waals surface area (Å²) in [5.41, 5.74) is 4.89. The number of ketones is 1. The van der Waals surface area contributed by atoms with Crippen LogP contribution >= 0.6 is 0 Å². The van der Waals surface area contributed by atoms with Gasteiger partial charge >= 0.3 is 0 Å². The summed E-state index contributed by atoms with van der Waals surface area (Å²) in [6.07, 6.45) is 11.8. The van der Waals surface area contributed by atoms with Crippen LogP contribution in [0.1, 0.15) is 122 Å². The molecule has 1 unspecified atom stereocenters. The average Bonchev–Trinajstić information content (AvgIpc) is 3.61. The van der Waals surface area contributed by atoms with Gasteiger partial charge in [-0.25, -0.2) is 4.39 Å². The first kappa shape index (κ1) is 39.6. The molecular weight excluding hydrogens is 774 g/mol. The topological polar surface area (TPSA) is 50.2 Å². The zero-order valence-electron chi connectivity index (χ0n) is 30.5. The van der Waals surface area contributed by atoms with E-state index in [1.54, 1.807) is 12.1 Å². The third-order valence-corrected chi connectivity index (χ3v) is 11.5. The van der Waals surface area contributed by atoms with E-state index in [4.69, 9.17) is 4.98 Å². The van der Waals surface area contributed by atoms with Gasteiger partial charge in [-0.2, -0.15) is 0 Å². The van der Waals surface area contributed by atoms with Crippen LogP contribution in [-0.4, -0.2) is 15.9 Å². The van der Waals surface area contributed by atoms with E-state index in [9.17, 15) is 14.3 Å². The summed E-state index contributed by atoms with van der Waals surface area (Å²) in [4.78, 5) is 16.9. The van der Waals surface area contributed by atoms with E-state index < -0.39 is 0 Å². The van der Waals surface area contributed by atoms with Crippen molar-refractivity contribution in [3.8, 4) is 11.3 Å². The Balaban J connectivity index is 0.000000301. The molecule has 1 fully saturated rings. The zero-order chi connectivity index (χ0) is 34.5. The Bertz CT molecular complexity index is 1730. The Morgan fingerprint density at radius 2 is 1.58 bits per heavy atom. The van der Waals surface area contributed by atoms with Crippen molar-refractivity contribution in [3.05, 3.63) is 89.1 Å². The van der Waals surface area contributed by atoms with Gasteiger partial charge in [0.15, 0.2) is 5.78 Å². The van der Waals surface area contributed by atoms with Crippen LogP contribution in [0.2, 0.25) is 0 Å². The minimum Gasteiger partial charge on any atom is -0.512 e. The number of fused-ring (bicyclic) bond motifs is 3. The number of aliphatic hydroxyl groups excluding tert-OH is 1. The van der Waals surface area contributed by atoms with Gasteiger partial charge in [-0.15, -0.1) is 34.9 Å². The molecule has 0 amide bonds. The first-order chi connectivity index (χ1) is 22.3. The molecule has 1 radical (unpaired) electrons. The number of aryl methyl sites for hydroxylation is 2. The Morgan fingerprint density at radius 1 is 0.958 bits per heavy atom. The SMILES string of the molecule is CCC(C)(CC)C(=O)C=C(O)C(C)(CC)CC.Cc1[c-]c(-c2nccc3cc(C(C)C4CCCC4)c4cc(F)ccc4c23)cc(C)c1.[Ir]. The van der Waals surface area contributed by atoms with Crippen molar-refractivity contribution < 1.29 is 34.4 Å². The van der Waals surface area contributed by atoms with Gasteiger partial charge in [0.1, 0.15) is 11.6 Å². The van der Waals surface area contributed by atoms with E-state index in [1.807, 2.05) is 53.8 Å². The molecule has 261 valence electrons. The molecule has 4 aromatic rings. The second kappa shape index (κ2) is 16.7. The largest absolute Gasteiger partial charge is 0.512 e. The van der Waals surface area contributed by atoms with Gasteiger partial charge in [0.05, 0.1) is 0 Å². The van der Waals surface area contributed by atoms with E-state index in [1.165, 1.54) is 48.3 Å². The van der Waals surface area contributed by atoms with Crippen molar-refractivity contribution in [2.75, 3.05) is 0 Å². The van der Waals surface area contributed by atoms with Crippen LogP contribution in [0.15, 0.2) is 60.5 Å². The molecule has 1 N–H and O–H groups in total. The minimum atomic E-state index is -0.337. The average molecular weight is 829 g/mol. The maximum absolute atomic E-state index is 14.4. The molecule has 1 saturated carbocycles. The number of nitrogens with zero attached hydrogens (tertiary/aromatic N) is 1. The van der Waals surface area contributed by atoms with E-state index in [-0.39, 0.29) is 48.3 Å². The predicted molar refractivity (Wildman–Crippen MR) is 196 cm³/mol. The number of pyridine rings is 1. The first-order valence-electron chi connectivity index (χ1n) is 17.8. The minimum absolute atomic E-state index is 0. The van der Waals surface area contributed by atoms with Crippen molar-refractivity contribution in [2.24, 2.45) is 16.7 Å². The second-order valence-electron chi connectivity index (χ2n) is 14.4. The summed E-state index contributed by atoms with van der Waals surface area (Å²) in [6, 6.07) is 17.4. The van der Waals surface area contributed by atoms with Crippen LogP contribution in [0.5, 0.6) is 0 Å². The number of rotatable bonds is 10. The van der Waals surface area contributed by atoms with Crippen LogP contribution in [0.25, 0.3) is 32.8 Å². The number of hydrogen-bond acceptors (Lipinski definition) is 3. The fraction of sp³-hybridized carbons (Fsp3) is 0.488. The molecule has 5 heteroatoms. The third kappa shape index (κ3) is 8.45. The van der Waals surface area contributed by atoms with Gasteiger partial charge in [0, 0.05) is 43.2 Å². The molecule has 1 aromatic heterocycles. The molecule has 48 heavy (non-hydrogen) atoms. The number of aliphatic hydroxyl groups is 1. The van der Waals surface area contributed by atoms with E-state index in [2.05, 4.69) is 51.1 Å². The molecule has 0 aliphatic heterocycles. The first-order valence-corrected chi connectivity index (χ1v) is 17.8. The van der Waals surface area contributed by atoms with Crippen molar-refractivity contribution in [1.29, 1.82) is 0 Å². The quantitative estimate of drug-likeness (QED) is 0.0750. The summed E-state index contributed by atoms with van der Waals surface area (Å²) in [5, 5.41) is 14.5. The summed E-state index contributed by atoms with van der Waals surface area (Å²) in [7, 11) is 0. The molecule has 0 saturated heterocycles. The molecule has 0 bridgehead atoms. The number of carbonyl (C=O) groups excluding carboxylic acids is 1. The molecule has 5 rings (SSSR count). The van der Waals surface area contributed by atoms with Gasteiger partial charge in [-0.3, -0.25) is 4.79 Å². The van der Waals surface area contributed by atoms with Crippen molar-refractivity contribution >= 4 is 27.3 Å². The van der Waals surface area contributed by atoms with Gasteiger partial charge in [-0.1, -0.05) is 87.3 Å². The van der Waals surface area contributed by atoms with Gasteiger partial charge in [0.25, 0.3) is 0 Å². The Hall–Kier alpha value is -2.88. The predicted octanol–water partition coefficient (Wildman–Crippen LogP) is 12.6. The number of allylic oxidation sites excluding steroid dienone is 2. The zero-order valence-corrected chi connectivity index (χ0v) is 32.9. The normalized spacial score (nSPS) is 14.8. The van der Waals surface area contributed by atoms with Crippen LogP contribution in [0.4, 0.5) is 4.39 Å². The summed E-state index contributed by atoms with van der Waals surface area (Å²) >= 11 is 0. The van der Waals surface area contributed by atoms with Gasteiger partial charge in [-0.05, 0) is 101 Å². The van der Waals surface area contributed by atoms with Crippen molar-refractivity contribution in [3.63, 3.8) is 0 Å². The van der Waals surface area contributed by atoms with Crippen molar-refractivity contribution in [1.82, 2.24) is 4.98 Å². The fourth-order valence-electron chi connectivity index (χ4n) is 7.10. The monoisotopic (exact) mass is 829 g/mol. The van der Waals surface area contributed by atoms with Crippen LogP contribution in [0.3, 0.4) is 0 Å². The third-order valence-electron chi connectivity index (χ3n) is 11.5. The number of halogens is 1. The standard InChI is InChI=1S/C28H27FN.C15H28O2.Ir/c1-17-12-18(2)14-22(13-17)28-27-21(10-11-30-28)15-25(19(3)20-6-4-5-7-20)26-16-23(29)8-9-24(26)27;1-7-14(5,8-2)12(16)11-13(17)15(6,9-3)10-4;/h8-13,15-16,19-20H,4-7H2,1-3H3;11,16H,7-10H2,1-6H3;/q-1;;. The van der Waals surface area contributed by atoms with Gasteiger partial charge < -0.3 is 10.1 Å². The number of aromatic nitrogens is 1. The fourth-order valence-corrected chi connectivity index (χ4v) is 7.10. The van der Waals surface area contributed by atoms with Crippen molar-refractivity contribution in [2.45, 2.75) is 120 Å². The Kier molecular flexibility index (Phi) is 13.7. The van der Waals surface area contributed by atoms with Crippen LogP contribution in [0, 0.1) is 42.5 Å². The molecule has 0 spiro atoms. The number of hydrogen-bond donors (Lipinski definition) is 1. The summed E-state index contributed by atoms with van der Waals surface area (Å²) in [6.45, 7) is 18.6. The second-order valence-corrected chi connectivity index (χ2v) is 14.4. The van der Waals surface area contributed by atoms with E-state index >= 15 is 0 Å². The smallest absolute Gasteiger partial charge is 0.164 e. The van der Waals surface area contributed by atoms with Crippen LogP contribution < -0.4 is 0 Å². The van der Waals surface area contributed by atoms with E-state index in [0.717, 1.165) is 58.7 Å². The molecule has 3 nitrogen and oxygen atoms in total. The summed E-state index contributed by atoms with van der Waals surface area (Å²) < 4.78 is 14.4. The Morgan fingerprint density at radius 3 is 2.17 bits per heavy atom. The van der Waals surface area contributed by atoms with Crippen LogP contribution in [-0.2, 0) is 24.9 Å². The number of benzene rings is 3. The molecule has 1 aliphatic carbocycles. The maximum atomic E-state index is 14.4. The Labute approximate surface area is 302 Å². The molecular formula is C43H55FIrNO2-. The van der Waals surface area contributed by atoms with Gasteiger partial charge in [0.2, 0.25) is 0 Å². The maximum Gasteiger partial charge on any atom is 0.164 e. The molecule has 3 aromatic carbocycles.